The van der Waals surface area contributed by atoms with Gasteiger partial charge in [0.05, 0.1) is 0 Å². The summed E-state index contributed by atoms with van der Waals surface area (Å²) in [6, 6.07) is 5.86. The number of nitrogens with zero attached hydrogens (tertiary/aromatic N) is 2. The van der Waals surface area contributed by atoms with Crippen LogP contribution in [0.5, 0.6) is 0 Å². The molecule has 7 heteroatoms. The number of anilines is 1. The van der Waals surface area contributed by atoms with Crippen LogP contribution in [-0.4, -0.2) is 67.9 Å². The van der Waals surface area contributed by atoms with Crippen LogP contribution in [0.1, 0.15) is 30.6 Å². The highest BCUT2D eigenvalue weighted by Crippen LogP contribution is 2.31. The minimum absolute atomic E-state index is 0.00242. The molecule has 156 valence electrons. The Hall–Kier alpha value is -2.67. The Bertz CT molecular complexity index is 814. The van der Waals surface area contributed by atoms with Crippen molar-refractivity contribution in [1.82, 2.24) is 10.2 Å². The minimum Gasteiger partial charge on any atom is -0.378 e. The first-order valence-corrected chi connectivity index (χ1v) is 9.89. The fraction of sp³-hybridized carbons (Fsp3) is 0.500. The summed E-state index contributed by atoms with van der Waals surface area (Å²) in [4.78, 5) is 41.8. The minimum atomic E-state index is -0.712. The smallest absolute Gasteiger partial charge is 0.251 e. The molecule has 3 rings (SSSR count). The molecule has 2 aliphatic heterocycles. The van der Waals surface area contributed by atoms with Gasteiger partial charge >= 0.3 is 0 Å². The van der Waals surface area contributed by atoms with Crippen molar-refractivity contribution in [2.24, 2.45) is 5.92 Å². The van der Waals surface area contributed by atoms with E-state index in [1.165, 1.54) is 4.90 Å². The number of amides is 2. The molecule has 0 spiro atoms. The van der Waals surface area contributed by atoms with E-state index in [1.807, 2.05) is 45.0 Å². The maximum absolute atomic E-state index is 13.3. The maximum atomic E-state index is 13.3. The highest BCUT2D eigenvalue weighted by molar-refractivity contribution is 5.99. The summed E-state index contributed by atoms with van der Waals surface area (Å²) in [5.41, 5.74) is 2.20. The van der Waals surface area contributed by atoms with Crippen LogP contribution < -0.4 is 10.2 Å². The summed E-state index contributed by atoms with van der Waals surface area (Å²) < 4.78 is 5.49. The normalized spacial score (nSPS) is 22.0. The van der Waals surface area contributed by atoms with Gasteiger partial charge in [0.25, 0.3) is 5.91 Å². The van der Waals surface area contributed by atoms with E-state index in [2.05, 4.69) is 11.9 Å². The monoisotopic (exact) mass is 399 g/mol. The lowest BCUT2D eigenvalue weighted by atomic mass is 10.0. The fourth-order valence-electron chi connectivity index (χ4n) is 3.86. The molecule has 2 amide bonds. The number of nitrogens with one attached hydrogen (secondary N) is 1. The predicted octanol–water partition coefficient (Wildman–Crippen LogP) is 1.63. The van der Waals surface area contributed by atoms with Crippen molar-refractivity contribution in [3.8, 4) is 0 Å². The second-order valence-corrected chi connectivity index (χ2v) is 8.36. The Balaban J connectivity index is 1.77. The van der Waals surface area contributed by atoms with Gasteiger partial charge in [-0.1, -0.05) is 20.4 Å². The largest absolute Gasteiger partial charge is 0.378 e. The van der Waals surface area contributed by atoms with Gasteiger partial charge in [0.15, 0.2) is 5.78 Å². The standard InChI is InChI=1S/C22H29N3O4/c1-13(2)10-17(23-21(27)15-6-8-16(9-7-15)24(4)5)22(28)25-11-14(3)20-19(25)18(26)12-29-20/h6-9,13,17,19-20H,3,10-12H2,1-2,4-5H3,(H,23,27)/t17-,19+,20+/m0/s1. The van der Waals surface area contributed by atoms with Crippen molar-refractivity contribution in [2.45, 2.75) is 38.5 Å². The van der Waals surface area contributed by atoms with E-state index >= 15 is 0 Å². The van der Waals surface area contributed by atoms with E-state index in [0.29, 0.717) is 12.0 Å². The summed E-state index contributed by atoms with van der Waals surface area (Å²) in [5.74, 6) is -0.490. The number of carbonyl (C=O) groups is 3. The summed E-state index contributed by atoms with van der Waals surface area (Å²) in [6.45, 7) is 8.22. The maximum Gasteiger partial charge on any atom is 0.251 e. The highest BCUT2D eigenvalue weighted by Gasteiger charge is 2.50. The SMILES string of the molecule is C=C1CN(C(=O)[C@H](CC(C)C)NC(=O)c2ccc(N(C)C)cc2)[C@@H]2C(=O)CO[C@H]12. The molecule has 1 N–H and O–H groups in total. The van der Waals surface area contributed by atoms with Gasteiger partial charge in [0, 0.05) is 31.9 Å². The number of hydrogen-bond donors (Lipinski definition) is 1. The van der Waals surface area contributed by atoms with Gasteiger partial charge in [0.2, 0.25) is 5.91 Å². The second-order valence-electron chi connectivity index (χ2n) is 8.36. The lowest BCUT2D eigenvalue weighted by Crippen LogP contribution is -2.52. The molecule has 7 nitrogen and oxygen atoms in total. The average molecular weight is 399 g/mol. The first-order valence-electron chi connectivity index (χ1n) is 9.89. The van der Waals surface area contributed by atoms with Crippen molar-refractivity contribution in [3.05, 3.63) is 42.0 Å². The second kappa shape index (κ2) is 8.37. The van der Waals surface area contributed by atoms with Crippen molar-refractivity contribution in [2.75, 3.05) is 32.1 Å². The van der Waals surface area contributed by atoms with Gasteiger partial charge < -0.3 is 19.9 Å². The van der Waals surface area contributed by atoms with Crippen molar-refractivity contribution >= 4 is 23.3 Å². The lowest BCUT2D eigenvalue weighted by Gasteiger charge is -2.28. The van der Waals surface area contributed by atoms with E-state index in [-0.39, 0.29) is 36.7 Å². The Kier molecular flexibility index (Phi) is 6.07. The number of ketones is 1. The third kappa shape index (κ3) is 4.34. The van der Waals surface area contributed by atoms with Gasteiger partial charge in [-0.15, -0.1) is 0 Å². The van der Waals surface area contributed by atoms with Crippen LogP contribution in [0.4, 0.5) is 5.69 Å². The molecule has 0 radical (unpaired) electrons. The molecule has 0 unspecified atom stereocenters. The van der Waals surface area contributed by atoms with Crippen molar-refractivity contribution < 1.29 is 19.1 Å². The average Bonchev–Trinajstić information content (AvgIpc) is 3.21. The highest BCUT2D eigenvalue weighted by atomic mass is 16.5. The molecule has 1 aromatic rings. The zero-order chi connectivity index (χ0) is 21.3. The number of fused-ring (bicyclic) bond motifs is 1. The number of rotatable bonds is 6. The van der Waals surface area contributed by atoms with Gasteiger partial charge in [-0.05, 0) is 42.2 Å². The van der Waals surface area contributed by atoms with Crippen LogP contribution in [-0.2, 0) is 14.3 Å². The molecular weight excluding hydrogens is 370 g/mol. The van der Waals surface area contributed by atoms with Crippen LogP contribution >= 0.6 is 0 Å². The molecule has 0 aromatic heterocycles. The number of ether oxygens (including phenoxy) is 1. The number of Topliss-reactive ketones (excluding diaryl/α,β-unsaturated/α-hetero) is 1. The van der Waals surface area contributed by atoms with E-state index in [9.17, 15) is 14.4 Å². The van der Waals surface area contributed by atoms with E-state index < -0.39 is 18.2 Å². The molecule has 0 saturated carbocycles. The van der Waals surface area contributed by atoms with Gasteiger partial charge in [-0.2, -0.15) is 0 Å². The Morgan fingerprint density at radius 2 is 1.93 bits per heavy atom. The van der Waals surface area contributed by atoms with Crippen LogP contribution in [0.3, 0.4) is 0 Å². The molecule has 29 heavy (non-hydrogen) atoms. The zero-order valence-corrected chi connectivity index (χ0v) is 17.5. The summed E-state index contributed by atoms with van der Waals surface area (Å²) in [7, 11) is 3.86. The Labute approximate surface area is 171 Å². The summed E-state index contributed by atoms with van der Waals surface area (Å²) in [5, 5.41) is 2.87. The van der Waals surface area contributed by atoms with E-state index in [4.69, 9.17) is 4.74 Å². The number of likely N-dealkylation sites (tertiary alicyclic amines) is 1. The lowest BCUT2D eigenvalue weighted by molar-refractivity contribution is -0.138. The predicted molar refractivity (Wildman–Crippen MR) is 111 cm³/mol. The number of carbonyl (C=O) groups excluding carboxylic acids is 3. The van der Waals surface area contributed by atoms with Gasteiger partial charge in [0.1, 0.15) is 24.8 Å². The third-order valence-corrected chi connectivity index (χ3v) is 5.37. The van der Waals surface area contributed by atoms with E-state index in [0.717, 1.165) is 11.3 Å². The van der Waals surface area contributed by atoms with Crippen LogP contribution in [0.25, 0.3) is 0 Å². The van der Waals surface area contributed by atoms with Crippen LogP contribution in [0.2, 0.25) is 0 Å². The van der Waals surface area contributed by atoms with Gasteiger partial charge in [-0.25, -0.2) is 0 Å². The Morgan fingerprint density at radius 3 is 2.52 bits per heavy atom. The molecule has 0 bridgehead atoms. The summed E-state index contributed by atoms with van der Waals surface area (Å²) in [6.07, 6.45) is 0.0518. The number of hydrogen-bond acceptors (Lipinski definition) is 5. The molecule has 2 aliphatic rings. The Morgan fingerprint density at radius 1 is 1.28 bits per heavy atom. The molecule has 1 aromatic carbocycles. The third-order valence-electron chi connectivity index (χ3n) is 5.37. The van der Waals surface area contributed by atoms with Crippen molar-refractivity contribution in [3.63, 3.8) is 0 Å². The first kappa shape index (κ1) is 21.0. The molecule has 2 saturated heterocycles. The molecular formula is C22H29N3O4. The molecule has 2 fully saturated rings. The van der Waals surface area contributed by atoms with Crippen LogP contribution in [0, 0.1) is 5.92 Å². The van der Waals surface area contributed by atoms with E-state index in [1.54, 1.807) is 12.1 Å². The first-order chi connectivity index (χ1) is 13.7. The zero-order valence-electron chi connectivity index (χ0n) is 17.5. The van der Waals surface area contributed by atoms with Crippen molar-refractivity contribution in [1.29, 1.82) is 0 Å². The van der Waals surface area contributed by atoms with Crippen LogP contribution in [0.15, 0.2) is 36.4 Å². The number of benzene rings is 1. The fourth-order valence-corrected chi connectivity index (χ4v) is 3.86. The molecule has 2 heterocycles. The molecule has 0 aliphatic carbocycles. The molecule has 3 atom stereocenters. The summed E-state index contributed by atoms with van der Waals surface area (Å²) >= 11 is 0. The topological polar surface area (TPSA) is 79.0 Å². The van der Waals surface area contributed by atoms with Gasteiger partial charge in [-0.3, -0.25) is 14.4 Å². The quantitative estimate of drug-likeness (QED) is 0.736.